The van der Waals surface area contributed by atoms with E-state index in [1.165, 1.54) is 11.5 Å². The number of hydrogen-bond donors (Lipinski definition) is 1. The first-order chi connectivity index (χ1) is 7.96. The Labute approximate surface area is 99.5 Å². The van der Waals surface area contributed by atoms with Crippen LogP contribution in [0.25, 0.3) is 0 Å². The van der Waals surface area contributed by atoms with Crippen LogP contribution in [0, 0.1) is 5.82 Å². The summed E-state index contributed by atoms with van der Waals surface area (Å²) in [5.41, 5.74) is 0.684. The van der Waals surface area contributed by atoms with Crippen LogP contribution < -0.4 is 5.32 Å². The van der Waals surface area contributed by atoms with Crippen LogP contribution in [0.4, 0.5) is 4.39 Å². The van der Waals surface area contributed by atoms with E-state index in [0.717, 1.165) is 6.20 Å². The van der Waals surface area contributed by atoms with E-state index in [1.807, 2.05) is 6.92 Å². The van der Waals surface area contributed by atoms with E-state index in [4.69, 9.17) is 0 Å². The van der Waals surface area contributed by atoms with E-state index in [2.05, 4.69) is 10.3 Å². The Morgan fingerprint density at radius 1 is 1.53 bits per heavy atom. The lowest BCUT2D eigenvalue weighted by molar-refractivity contribution is 0.522. The van der Waals surface area contributed by atoms with E-state index in [-0.39, 0.29) is 23.7 Å². The van der Waals surface area contributed by atoms with Gasteiger partial charge in [-0.25, -0.2) is 12.8 Å². The van der Waals surface area contributed by atoms with Crippen LogP contribution in [0.2, 0.25) is 0 Å². The number of halogens is 1. The first-order valence-corrected chi connectivity index (χ1v) is 6.96. The molecule has 0 fully saturated rings. The average molecular weight is 256 g/mol. The third kappa shape index (κ3) is 3.10. The second-order valence-corrected chi connectivity index (χ2v) is 5.99. The van der Waals surface area contributed by atoms with Gasteiger partial charge in [-0.2, -0.15) is 0 Å². The average Bonchev–Trinajstić information content (AvgIpc) is 2.59. The summed E-state index contributed by atoms with van der Waals surface area (Å²) in [5.74, 6) is -0.317. The maximum Gasteiger partial charge on any atom is 0.173 e. The van der Waals surface area contributed by atoms with E-state index in [0.29, 0.717) is 5.69 Å². The van der Waals surface area contributed by atoms with Gasteiger partial charge in [0.15, 0.2) is 9.84 Å². The Morgan fingerprint density at radius 3 is 2.82 bits per heavy atom. The molecular formula is C11H13FN2O2S. The van der Waals surface area contributed by atoms with Crippen molar-refractivity contribution in [3.8, 4) is 0 Å². The summed E-state index contributed by atoms with van der Waals surface area (Å²) < 4.78 is 35.1. The van der Waals surface area contributed by atoms with Crippen LogP contribution in [-0.4, -0.2) is 25.2 Å². The van der Waals surface area contributed by atoms with Crippen molar-refractivity contribution in [3.05, 3.63) is 41.3 Å². The normalized spacial score (nSPS) is 23.8. The van der Waals surface area contributed by atoms with Gasteiger partial charge in [0.05, 0.1) is 17.6 Å². The SMILES string of the molecule is CC(NC1C=CS(=O)(=O)C1)c1ccc(F)cn1. The van der Waals surface area contributed by atoms with Gasteiger partial charge < -0.3 is 5.32 Å². The van der Waals surface area contributed by atoms with Gasteiger partial charge in [-0.3, -0.25) is 4.98 Å². The van der Waals surface area contributed by atoms with Crippen molar-refractivity contribution in [1.29, 1.82) is 0 Å². The van der Waals surface area contributed by atoms with Gasteiger partial charge in [0, 0.05) is 17.5 Å². The van der Waals surface area contributed by atoms with Crippen molar-refractivity contribution in [2.75, 3.05) is 5.75 Å². The van der Waals surface area contributed by atoms with Crippen molar-refractivity contribution in [2.24, 2.45) is 0 Å². The molecule has 2 unspecified atom stereocenters. The highest BCUT2D eigenvalue weighted by atomic mass is 32.2. The van der Waals surface area contributed by atoms with Crippen LogP contribution in [0.3, 0.4) is 0 Å². The zero-order chi connectivity index (χ0) is 12.5. The summed E-state index contributed by atoms with van der Waals surface area (Å²) in [7, 11) is -3.05. The molecule has 0 spiro atoms. The summed E-state index contributed by atoms with van der Waals surface area (Å²) in [5, 5.41) is 4.34. The van der Waals surface area contributed by atoms with Gasteiger partial charge in [0.25, 0.3) is 0 Å². The molecule has 0 bridgehead atoms. The van der Waals surface area contributed by atoms with Crippen molar-refractivity contribution >= 4 is 9.84 Å². The molecule has 6 heteroatoms. The van der Waals surface area contributed by atoms with Gasteiger partial charge >= 0.3 is 0 Å². The molecule has 1 aliphatic rings. The lowest BCUT2D eigenvalue weighted by Gasteiger charge is -2.17. The molecule has 1 aromatic rings. The molecule has 0 radical (unpaired) electrons. The van der Waals surface area contributed by atoms with Gasteiger partial charge in [-0.15, -0.1) is 0 Å². The molecule has 0 saturated carbocycles. The number of sulfone groups is 1. The molecule has 4 nitrogen and oxygen atoms in total. The molecule has 2 rings (SSSR count). The first-order valence-electron chi connectivity index (χ1n) is 5.25. The van der Waals surface area contributed by atoms with Gasteiger partial charge in [-0.05, 0) is 19.1 Å². The van der Waals surface area contributed by atoms with Gasteiger partial charge in [-0.1, -0.05) is 6.08 Å². The molecule has 2 atom stereocenters. The number of rotatable bonds is 3. The number of hydrogen-bond acceptors (Lipinski definition) is 4. The molecule has 2 heterocycles. The zero-order valence-corrected chi connectivity index (χ0v) is 10.1. The third-order valence-electron chi connectivity index (χ3n) is 2.59. The molecule has 0 aromatic carbocycles. The Balaban J connectivity index is 2.01. The number of pyridine rings is 1. The summed E-state index contributed by atoms with van der Waals surface area (Å²) >= 11 is 0. The Bertz CT molecular complexity index is 525. The largest absolute Gasteiger partial charge is 0.301 e. The lowest BCUT2D eigenvalue weighted by Crippen LogP contribution is -2.32. The van der Waals surface area contributed by atoms with Crippen molar-refractivity contribution in [3.63, 3.8) is 0 Å². The molecule has 1 aromatic heterocycles. The highest BCUT2D eigenvalue weighted by Gasteiger charge is 2.23. The minimum Gasteiger partial charge on any atom is -0.301 e. The van der Waals surface area contributed by atoms with Crippen LogP contribution in [0.1, 0.15) is 18.7 Å². The fourth-order valence-corrected chi connectivity index (χ4v) is 2.98. The molecular weight excluding hydrogens is 243 g/mol. The number of aromatic nitrogens is 1. The fraction of sp³-hybridized carbons (Fsp3) is 0.364. The van der Waals surface area contributed by atoms with Crippen LogP contribution in [0.15, 0.2) is 29.8 Å². The predicted octanol–water partition coefficient (Wildman–Crippen LogP) is 1.18. The van der Waals surface area contributed by atoms with Crippen molar-refractivity contribution < 1.29 is 12.8 Å². The number of nitrogens with one attached hydrogen (secondary N) is 1. The molecule has 0 saturated heterocycles. The maximum absolute atomic E-state index is 12.7. The summed E-state index contributed by atoms with van der Waals surface area (Å²) in [6.07, 6.45) is 2.77. The Morgan fingerprint density at radius 2 is 2.29 bits per heavy atom. The summed E-state index contributed by atoms with van der Waals surface area (Å²) in [4.78, 5) is 3.95. The molecule has 0 aliphatic carbocycles. The minimum atomic E-state index is -3.05. The van der Waals surface area contributed by atoms with E-state index in [9.17, 15) is 12.8 Å². The number of nitrogens with zero attached hydrogens (tertiary/aromatic N) is 1. The van der Waals surface area contributed by atoms with Crippen LogP contribution in [0.5, 0.6) is 0 Å². The lowest BCUT2D eigenvalue weighted by atomic mass is 10.2. The molecule has 1 aliphatic heterocycles. The molecule has 92 valence electrons. The Hall–Kier alpha value is -1.27. The zero-order valence-electron chi connectivity index (χ0n) is 9.30. The van der Waals surface area contributed by atoms with Crippen LogP contribution >= 0.6 is 0 Å². The minimum absolute atomic E-state index is 0.0680. The second-order valence-electron chi connectivity index (χ2n) is 4.05. The highest BCUT2D eigenvalue weighted by molar-refractivity contribution is 7.94. The molecule has 1 N–H and O–H groups in total. The predicted molar refractivity (Wildman–Crippen MR) is 62.5 cm³/mol. The van der Waals surface area contributed by atoms with E-state index in [1.54, 1.807) is 12.1 Å². The summed E-state index contributed by atoms with van der Waals surface area (Å²) in [6, 6.07) is 2.59. The maximum atomic E-state index is 12.7. The monoisotopic (exact) mass is 256 g/mol. The van der Waals surface area contributed by atoms with E-state index < -0.39 is 9.84 Å². The van der Waals surface area contributed by atoms with E-state index >= 15 is 0 Å². The third-order valence-corrected chi connectivity index (χ3v) is 3.98. The summed E-state index contributed by atoms with van der Waals surface area (Å²) in [6.45, 7) is 1.86. The van der Waals surface area contributed by atoms with Gasteiger partial charge in [0.1, 0.15) is 5.82 Å². The van der Waals surface area contributed by atoms with Crippen molar-refractivity contribution in [1.82, 2.24) is 10.3 Å². The smallest absolute Gasteiger partial charge is 0.173 e. The van der Waals surface area contributed by atoms with Crippen LogP contribution in [-0.2, 0) is 9.84 Å². The standard InChI is InChI=1S/C11H13FN2O2S/c1-8(11-3-2-9(12)6-13-11)14-10-4-5-17(15,16)7-10/h2-6,8,10,14H,7H2,1H3. The fourth-order valence-electron chi connectivity index (χ4n) is 1.73. The first kappa shape index (κ1) is 12.2. The van der Waals surface area contributed by atoms with Gasteiger partial charge in [0.2, 0.25) is 0 Å². The highest BCUT2D eigenvalue weighted by Crippen LogP contribution is 2.14. The molecule has 17 heavy (non-hydrogen) atoms. The topological polar surface area (TPSA) is 59.1 Å². The quantitative estimate of drug-likeness (QED) is 0.882. The second kappa shape index (κ2) is 4.54. The Kier molecular flexibility index (Phi) is 3.26. The molecule has 0 amide bonds. The van der Waals surface area contributed by atoms with Crippen molar-refractivity contribution in [2.45, 2.75) is 19.0 Å².